The molecule has 1 aliphatic heterocycles. The third-order valence-corrected chi connectivity index (χ3v) is 4.13. The number of fused-ring (bicyclic) bond motifs is 2. The molecule has 0 fully saturated rings. The Bertz CT molecular complexity index is 895. The van der Waals surface area contributed by atoms with E-state index in [-0.39, 0.29) is 5.91 Å². The van der Waals surface area contributed by atoms with Crippen LogP contribution < -0.4 is 10.2 Å². The summed E-state index contributed by atoms with van der Waals surface area (Å²) < 4.78 is 2.08. The van der Waals surface area contributed by atoms with Gasteiger partial charge in [-0.1, -0.05) is 12.1 Å². The predicted octanol–water partition coefficient (Wildman–Crippen LogP) is 2.31. The highest BCUT2D eigenvalue weighted by Crippen LogP contribution is 2.30. The van der Waals surface area contributed by atoms with Crippen LogP contribution in [-0.4, -0.2) is 29.4 Å². The maximum Gasteiger partial charge on any atom is 0.251 e. The first-order chi connectivity index (χ1) is 10.6. The fraction of sp³-hybridized carbons (Fsp3) is 0.176. The van der Waals surface area contributed by atoms with Crippen LogP contribution in [0.1, 0.15) is 15.9 Å². The molecular weight excluding hydrogens is 276 g/mol. The number of rotatable bonds is 2. The van der Waals surface area contributed by atoms with E-state index in [9.17, 15) is 4.79 Å². The lowest BCUT2D eigenvalue weighted by molar-refractivity contribution is 0.0966. The SMILES string of the molecule is CN(C)c1ccc2ncc(-c3cccc4c3CNC4=O)n2c1. The van der Waals surface area contributed by atoms with E-state index in [0.29, 0.717) is 6.54 Å². The molecule has 0 aliphatic carbocycles. The lowest BCUT2D eigenvalue weighted by atomic mass is 10.0. The van der Waals surface area contributed by atoms with E-state index in [0.717, 1.165) is 33.7 Å². The summed E-state index contributed by atoms with van der Waals surface area (Å²) in [5.74, 6) is -0.000323. The minimum Gasteiger partial charge on any atom is -0.376 e. The second kappa shape index (κ2) is 4.59. The average molecular weight is 292 g/mol. The number of benzene rings is 1. The Morgan fingerprint density at radius 3 is 2.82 bits per heavy atom. The fourth-order valence-corrected chi connectivity index (χ4v) is 2.93. The minimum absolute atomic E-state index is 0.000323. The van der Waals surface area contributed by atoms with Crippen LogP contribution in [-0.2, 0) is 6.54 Å². The van der Waals surface area contributed by atoms with Crippen molar-refractivity contribution < 1.29 is 4.79 Å². The minimum atomic E-state index is -0.000323. The lowest BCUT2D eigenvalue weighted by Gasteiger charge is -2.13. The number of amides is 1. The van der Waals surface area contributed by atoms with Gasteiger partial charge in [0, 0.05) is 38.0 Å². The first-order valence-corrected chi connectivity index (χ1v) is 7.20. The molecule has 0 saturated carbocycles. The molecule has 0 bridgehead atoms. The van der Waals surface area contributed by atoms with Crippen LogP contribution in [0.5, 0.6) is 0 Å². The lowest BCUT2D eigenvalue weighted by Crippen LogP contribution is -2.12. The van der Waals surface area contributed by atoms with Crippen LogP contribution in [0.25, 0.3) is 16.9 Å². The summed E-state index contributed by atoms with van der Waals surface area (Å²) in [6.45, 7) is 0.574. The van der Waals surface area contributed by atoms with E-state index in [4.69, 9.17) is 0 Å². The van der Waals surface area contributed by atoms with Crippen molar-refractivity contribution in [1.82, 2.24) is 14.7 Å². The third-order valence-electron chi connectivity index (χ3n) is 4.13. The normalized spacial score (nSPS) is 13.3. The van der Waals surface area contributed by atoms with Crippen molar-refractivity contribution in [2.24, 2.45) is 0 Å². The second-order valence-electron chi connectivity index (χ2n) is 5.67. The molecule has 1 amide bonds. The number of aromatic nitrogens is 2. The number of carbonyl (C=O) groups is 1. The van der Waals surface area contributed by atoms with Gasteiger partial charge in [-0.05, 0) is 23.8 Å². The Labute approximate surface area is 128 Å². The van der Waals surface area contributed by atoms with Gasteiger partial charge in [0.25, 0.3) is 5.91 Å². The summed E-state index contributed by atoms with van der Waals surface area (Å²) in [7, 11) is 4.03. The van der Waals surface area contributed by atoms with Gasteiger partial charge >= 0.3 is 0 Å². The zero-order chi connectivity index (χ0) is 15.3. The Kier molecular flexibility index (Phi) is 2.69. The van der Waals surface area contributed by atoms with Crippen LogP contribution in [0.3, 0.4) is 0 Å². The number of pyridine rings is 1. The Hall–Kier alpha value is -2.82. The molecule has 0 spiro atoms. The molecule has 1 aromatic carbocycles. The topological polar surface area (TPSA) is 49.6 Å². The molecule has 22 heavy (non-hydrogen) atoms. The van der Waals surface area contributed by atoms with E-state index in [1.807, 2.05) is 50.6 Å². The van der Waals surface area contributed by atoms with E-state index < -0.39 is 0 Å². The first kappa shape index (κ1) is 12.9. The van der Waals surface area contributed by atoms with Gasteiger partial charge in [0.05, 0.1) is 17.6 Å². The molecule has 1 aliphatic rings. The zero-order valence-corrected chi connectivity index (χ0v) is 12.5. The maximum atomic E-state index is 11.9. The van der Waals surface area contributed by atoms with Crippen LogP contribution in [0.2, 0.25) is 0 Å². The predicted molar refractivity (Wildman–Crippen MR) is 86.1 cm³/mol. The quantitative estimate of drug-likeness (QED) is 0.788. The monoisotopic (exact) mass is 292 g/mol. The largest absolute Gasteiger partial charge is 0.376 e. The van der Waals surface area contributed by atoms with Crippen molar-refractivity contribution in [1.29, 1.82) is 0 Å². The number of carbonyl (C=O) groups excluding carboxylic acids is 1. The average Bonchev–Trinajstić information content (AvgIpc) is 3.10. The van der Waals surface area contributed by atoms with Crippen molar-refractivity contribution in [3.8, 4) is 11.3 Å². The molecule has 0 atom stereocenters. The van der Waals surface area contributed by atoms with Gasteiger partial charge in [-0.15, -0.1) is 0 Å². The summed E-state index contributed by atoms with van der Waals surface area (Å²) in [5, 5.41) is 2.89. The molecule has 1 N–H and O–H groups in total. The molecule has 0 radical (unpaired) electrons. The van der Waals surface area contributed by atoms with Crippen LogP contribution in [0, 0.1) is 0 Å². The van der Waals surface area contributed by atoms with Crippen molar-refractivity contribution in [2.75, 3.05) is 19.0 Å². The highest BCUT2D eigenvalue weighted by atomic mass is 16.1. The van der Waals surface area contributed by atoms with Crippen molar-refractivity contribution in [3.63, 3.8) is 0 Å². The van der Waals surface area contributed by atoms with Gasteiger partial charge in [-0.25, -0.2) is 4.98 Å². The van der Waals surface area contributed by atoms with Crippen LogP contribution in [0.15, 0.2) is 42.7 Å². The summed E-state index contributed by atoms with van der Waals surface area (Å²) >= 11 is 0. The molecule has 0 unspecified atom stereocenters. The second-order valence-corrected chi connectivity index (χ2v) is 5.67. The third kappa shape index (κ3) is 1.79. The Morgan fingerprint density at radius 2 is 2.00 bits per heavy atom. The molecule has 3 aromatic rings. The standard InChI is InChI=1S/C17H16N4O/c1-20(2)11-6-7-16-18-9-15(21(16)10-11)12-4-3-5-13-14(12)8-19-17(13)22/h3-7,9-10H,8H2,1-2H3,(H,19,22). The van der Waals surface area contributed by atoms with Crippen molar-refractivity contribution >= 4 is 17.2 Å². The number of nitrogens with one attached hydrogen (secondary N) is 1. The van der Waals surface area contributed by atoms with Gasteiger partial charge < -0.3 is 10.2 Å². The van der Waals surface area contributed by atoms with Crippen LogP contribution >= 0.6 is 0 Å². The Balaban J connectivity index is 1.96. The number of nitrogens with zero attached hydrogens (tertiary/aromatic N) is 3. The number of hydrogen-bond acceptors (Lipinski definition) is 3. The van der Waals surface area contributed by atoms with Gasteiger partial charge in [0.2, 0.25) is 0 Å². The van der Waals surface area contributed by atoms with Crippen LogP contribution in [0.4, 0.5) is 5.69 Å². The van der Waals surface area contributed by atoms with E-state index in [1.165, 1.54) is 0 Å². The molecule has 0 saturated heterocycles. The number of imidazole rings is 1. The van der Waals surface area contributed by atoms with Crippen molar-refractivity contribution in [3.05, 3.63) is 53.9 Å². The summed E-state index contributed by atoms with van der Waals surface area (Å²) in [6, 6.07) is 9.90. The van der Waals surface area contributed by atoms with Gasteiger partial charge in [-0.2, -0.15) is 0 Å². The molecule has 110 valence electrons. The highest BCUT2D eigenvalue weighted by molar-refractivity contribution is 6.00. The summed E-state index contributed by atoms with van der Waals surface area (Å²) in [5.41, 5.74) is 5.87. The molecule has 2 aromatic heterocycles. The number of hydrogen-bond donors (Lipinski definition) is 1. The summed E-state index contributed by atoms with van der Waals surface area (Å²) in [6.07, 6.45) is 3.94. The molecule has 5 heteroatoms. The first-order valence-electron chi connectivity index (χ1n) is 7.20. The number of anilines is 1. The highest BCUT2D eigenvalue weighted by Gasteiger charge is 2.23. The molecular formula is C17H16N4O. The maximum absolute atomic E-state index is 11.9. The van der Waals surface area contributed by atoms with E-state index in [1.54, 1.807) is 0 Å². The van der Waals surface area contributed by atoms with Gasteiger partial charge in [0.15, 0.2) is 0 Å². The van der Waals surface area contributed by atoms with E-state index >= 15 is 0 Å². The zero-order valence-electron chi connectivity index (χ0n) is 12.5. The molecule has 3 heterocycles. The molecule has 4 rings (SSSR count). The van der Waals surface area contributed by atoms with Crippen molar-refractivity contribution in [2.45, 2.75) is 6.54 Å². The molecule has 5 nitrogen and oxygen atoms in total. The van der Waals surface area contributed by atoms with E-state index in [2.05, 4.69) is 25.8 Å². The smallest absolute Gasteiger partial charge is 0.251 e. The summed E-state index contributed by atoms with van der Waals surface area (Å²) in [4.78, 5) is 18.4. The Morgan fingerprint density at radius 1 is 1.18 bits per heavy atom. The fourth-order valence-electron chi connectivity index (χ4n) is 2.93. The van der Waals surface area contributed by atoms with Gasteiger partial charge in [-0.3, -0.25) is 9.20 Å². The van der Waals surface area contributed by atoms with Gasteiger partial charge in [0.1, 0.15) is 5.65 Å².